The van der Waals surface area contributed by atoms with E-state index in [2.05, 4.69) is 45.9 Å². The largest absolute Gasteiger partial charge is 0.490 e. The zero-order chi connectivity index (χ0) is 19.2. The van der Waals surface area contributed by atoms with Gasteiger partial charge in [0.2, 0.25) is 0 Å². The van der Waals surface area contributed by atoms with Crippen molar-refractivity contribution in [2.24, 2.45) is 0 Å². The van der Waals surface area contributed by atoms with Crippen molar-refractivity contribution in [3.63, 3.8) is 0 Å². The second kappa shape index (κ2) is 8.75. The summed E-state index contributed by atoms with van der Waals surface area (Å²) in [4.78, 5) is 10.6. The molecule has 0 unspecified atom stereocenters. The molecule has 0 saturated carbocycles. The van der Waals surface area contributed by atoms with Gasteiger partial charge in [0.05, 0.1) is 0 Å². The summed E-state index contributed by atoms with van der Waals surface area (Å²) in [6, 6.07) is 13.8. The third kappa shape index (κ3) is 5.80. The van der Waals surface area contributed by atoms with E-state index >= 15 is 0 Å². The van der Waals surface area contributed by atoms with Crippen LogP contribution in [0.3, 0.4) is 0 Å². The van der Waals surface area contributed by atoms with E-state index in [0.29, 0.717) is 19.6 Å². The van der Waals surface area contributed by atoms with Gasteiger partial charge in [0.25, 0.3) is 0 Å². The Balaban J connectivity index is 1.87. The quantitative estimate of drug-likeness (QED) is 0.692. The van der Waals surface area contributed by atoms with Crippen molar-refractivity contribution in [3.8, 4) is 11.5 Å². The maximum absolute atomic E-state index is 10.6. The minimum absolute atomic E-state index is 0.0218. The first-order valence-electron chi connectivity index (χ1n) is 8.94. The predicted molar refractivity (Wildman–Crippen MR) is 103 cm³/mol. The van der Waals surface area contributed by atoms with Gasteiger partial charge >= 0.3 is 5.97 Å². The number of hydrogen-bond acceptors (Lipinski definition) is 3. The molecule has 2 rings (SSSR count). The fourth-order valence-electron chi connectivity index (χ4n) is 2.74. The summed E-state index contributed by atoms with van der Waals surface area (Å²) in [5, 5.41) is 8.72. The van der Waals surface area contributed by atoms with Crippen LogP contribution < -0.4 is 9.47 Å². The fourth-order valence-corrected chi connectivity index (χ4v) is 2.74. The minimum Gasteiger partial charge on any atom is -0.490 e. The molecule has 2 aromatic rings. The monoisotopic (exact) mass is 356 g/mol. The van der Waals surface area contributed by atoms with Crippen LogP contribution in [0.5, 0.6) is 11.5 Å². The van der Waals surface area contributed by atoms with Crippen LogP contribution in [0, 0.1) is 6.92 Å². The zero-order valence-electron chi connectivity index (χ0n) is 16.0. The highest BCUT2D eigenvalue weighted by Crippen LogP contribution is 2.33. The summed E-state index contributed by atoms with van der Waals surface area (Å²) in [6.07, 6.45) is 0.669. The number of carbonyl (C=O) groups is 1. The van der Waals surface area contributed by atoms with E-state index in [0.717, 1.165) is 22.6 Å². The Kier molecular flexibility index (Phi) is 6.67. The molecule has 140 valence electrons. The van der Waals surface area contributed by atoms with E-state index in [9.17, 15) is 4.79 Å². The molecule has 2 aromatic carbocycles. The fraction of sp³-hybridized carbons (Fsp3) is 0.409. The first-order chi connectivity index (χ1) is 12.3. The number of aliphatic carboxylic acids is 1. The lowest BCUT2D eigenvalue weighted by Gasteiger charge is -2.24. The second-order valence-electron chi connectivity index (χ2n) is 7.44. The van der Waals surface area contributed by atoms with E-state index in [4.69, 9.17) is 14.6 Å². The molecule has 4 nitrogen and oxygen atoms in total. The van der Waals surface area contributed by atoms with Gasteiger partial charge in [0, 0.05) is 6.42 Å². The first-order valence-corrected chi connectivity index (χ1v) is 8.94. The van der Waals surface area contributed by atoms with Gasteiger partial charge in [-0.05, 0) is 47.6 Å². The molecule has 0 spiro atoms. The number of carboxylic acid groups (broad SMARTS) is 1. The Morgan fingerprint density at radius 2 is 1.65 bits per heavy atom. The van der Waals surface area contributed by atoms with Crippen molar-refractivity contribution in [2.45, 2.75) is 46.0 Å². The van der Waals surface area contributed by atoms with Crippen molar-refractivity contribution in [1.82, 2.24) is 0 Å². The molecule has 0 aliphatic rings. The molecule has 0 fully saturated rings. The van der Waals surface area contributed by atoms with Gasteiger partial charge in [-0.25, -0.2) is 0 Å². The standard InChI is InChI=1S/C22H28O4/c1-16-6-5-7-19(22(2,3)4)21(16)26-15-14-25-18-11-8-17(9-12-18)10-13-20(23)24/h5-9,11-12H,10,13-15H2,1-4H3,(H,23,24). The highest BCUT2D eigenvalue weighted by atomic mass is 16.5. The van der Waals surface area contributed by atoms with E-state index < -0.39 is 5.97 Å². The Labute approximate surface area is 155 Å². The van der Waals surface area contributed by atoms with Crippen LogP contribution in [-0.2, 0) is 16.6 Å². The number of rotatable bonds is 8. The minimum atomic E-state index is -0.784. The summed E-state index contributed by atoms with van der Waals surface area (Å²) in [6.45, 7) is 9.51. The number of aryl methyl sites for hydroxylation is 2. The number of ether oxygens (including phenoxy) is 2. The molecule has 0 amide bonds. The maximum atomic E-state index is 10.6. The summed E-state index contributed by atoms with van der Waals surface area (Å²) < 4.78 is 11.7. The number of benzene rings is 2. The maximum Gasteiger partial charge on any atom is 0.303 e. The molecular weight excluding hydrogens is 328 g/mol. The summed E-state index contributed by atoms with van der Waals surface area (Å²) in [7, 11) is 0. The van der Waals surface area contributed by atoms with Crippen molar-refractivity contribution >= 4 is 5.97 Å². The van der Waals surface area contributed by atoms with E-state index in [1.54, 1.807) is 0 Å². The molecule has 0 heterocycles. The third-order valence-electron chi connectivity index (χ3n) is 4.17. The van der Waals surface area contributed by atoms with E-state index in [1.165, 1.54) is 5.56 Å². The Hall–Kier alpha value is -2.49. The Morgan fingerprint density at radius 3 is 2.27 bits per heavy atom. The summed E-state index contributed by atoms with van der Waals surface area (Å²) in [5.41, 5.74) is 3.33. The topological polar surface area (TPSA) is 55.8 Å². The SMILES string of the molecule is Cc1cccc(C(C)(C)C)c1OCCOc1ccc(CCC(=O)O)cc1. The van der Waals surface area contributed by atoms with Gasteiger partial charge in [0.1, 0.15) is 24.7 Å². The van der Waals surface area contributed by atoms with Crippen LogP contribution in [0.4, 0.5) is 0 Å². The normalized spacial score (nSPS) is 11.2. The lowest BCUT2D eigenvalue weighted by molar-refractivity contribution is -0.136. The first kappa shape index (κ1) is 19.8. The molecule has 0 saturated heterocycles. The third-order valence-corrected chi connectivity index (χ3v) is 4.17. The highest BCUT2D eigenvalue weighted by molar-refractivity contribution is 5.67. The average Bonchev–Trinajstić information content (AvgIpc) is 2.58. The molecule has 1 N–H and O–H groups in total. The highest BCUT2D eigenvalue weighted by Gasteiger charge is 2.20. The molecular formula is C22H28O4. The average molecular weight is 356 g/mol. The predicted octanol–water partition coefficient (Wildman–Crippen LogP) is 4.77. The number of para-hydroxylation sites is 1. The zero-order valence-corrected chi connectivity index (χ0v) is 16.0. The molecule has 4 heteroatoms. The number of hydrogen-bond donors (Lipinski definition) is 1. The van der Waals surface area contributed by atoms with E-state index in [-0.39, 0.29) is 11.8 Å². The second-order valence-corrected chi connectivity index (χ2v) is 7.44. The van der Waals surface area contributed by atoms with Gasteiger partial charge in [-0.15, -0.1) is 0 Å². The van der Waals surface area contributed by atoms with Crippen LogP contribution in [-0.4, -0.2) is 24.3 Å². The lowest BCUT2D eigenvalue weighted by Crippen LogP contribution is -2.16. The summed E-state index contributed by atoms with van der Waals surface area (Å²) in [5.74, 6) is 0.912. The van der Waals surface area contributed by atoms with Crippen molar-refractivity contribution < 1.29 is 19.4 Å². The van der Waals surface area contributed by atoms with Crippen molar-refractivity contribution in [2.75, 3.05) is 13.2 Å². The van der Waals surface area contributed by atoms with Gasteiger partial charge in [-0.1, -0.05) is 51.1 Å². The Bertz CT molecular complexity index is 727. The number of carboxylic acids is 1. The van der Waals surface area contributed by atoms with Gasteiger partial charge in [-0.3, -0.25) is 4.79 Å². The van der Waals surface area contributed by atoms with Crippen molar-refractivity contribution in [1.29, 1.82) is 0 Å². The van der Waals surface area contributed by atoms with Crippen LogP contribution in [0.2, 0.25) is 0 Å². The van der Waals surface area contributed by atoms with E-state index in [1.807, 2.05) is 24.3 Å². The molecule has 0 radical (unpaired) electrons. The van der Waals surface area contributed by atoms with Gasteiger partial charge in [0.15, 0.2) is 0 Å². The molecule has 0 aliphatic heterocycles. The van der Waals surface area contributed by atoms with Gasteiger partial charge in [-0.2, -0.15) is 0 Å². The summed E-state index contributed by atoms with van der Waals surface area (Å²) >= 11 is 0. The van der Waals surface area contributed by atoms with Crippen LogP contribution in [0.15, 0.2) is 42.5 Å². The molecule has 0 atom stereocenters. The van der Waals surface area contributed by atoms with Crippen LogP contribution >= 0.6 is 0 Å². The van der Waals surface area contributed by atoms with Gasteiger partial charge < -0.3 is 14.6 Å². The van der Waals surface area contributed by atoms with Crippen LogP contribution in [0.25, 0.3) is 0 Å². The molecule has 0 aromatic heterocycles. The smallest absolute Gasteiger partial charge is 0.303 e. The lowest BCUT2D eigenvalue weighted by atomic mass is 9.85. The van der Waals surface area contributed by atoms with Crippen molar-refractivity contribution in [3.05, 3.63) is 59.2 Å². The Morgan fingerprint density at radius 1 is 1.00 bits per heavy atom. The molecule has 0 aliphatic carbocycles. The van der Waals surface area contributed by atoms with Crippen LogP contribution in [0.1, 0.15) is 43.9 Å². The molecule has 26 heavy (non-hydrogen) atoms. The molecule has 0 bridgehead atoms.